The molecule has 0 unspecified atom stereocenters. The molecule has 0 N–H and O–H groups in total. The van der Waals surface area contributed by atoms with Crippen LogP contribution in [0.2, 0.25) is 0 Å². The van der Waals surface area contributed by atoms with Gasteiger partial charge in [-0.15, -0.1) is 10.2 Å². The largest absolute Gasteiger partial charge is 0.334 e. The smallest absolute Gasteiger partial charge is 0.255 e. The van der Waals surface area contributed by atoms with Gasteiger partial charge in [0, 0.05) is 18.4 Å². The molecular weight excluding hydrogens is 316 g/mol. The van der Waals surface area contributed by atoms with Crippen molar-refractivity contribution in [3.05, 3.63) is 47.7 Å². The first kappa shape index (κ1) is 15.8. The number of likely N-dealkylation sites (tertiary alicyclic amines) is 1. The quantitative estimate of drug-likeness (QED) is 0.734. The zero-order chi connectivity index (χ0) is 17.4. The number of amides is 1. The van der Waals surface area contributed by atoms with Crippen LogP contribution in [0.15, 0.2) is 30.7 Å². The maximum absolute atomic E-state index is 13.1. The summed E-state index contributed by atoms with van der Waals surface area (Å²) >= 11 is 0. The monoisotopic (exact) mass is 338 g/mol. The number of rotatable bonds is 3. The molecule has 7 heteroatoms. The van der Waals surface area contributed by atoms with Crippen molar-refractivity contribution in [3.63, 3.8) is 0 Å². The van der Waals surface area contributed by atoms with Crippen molar-refractivity contribution in [3.8, 4) is 0 Å². The number of fused-ring (bicyclic) bond motifs is 1. The molecule has 3 aromatic rings. The average Bonchev–Trinajstić information content (AvgIpc) is 3.20. The Labute approximate surface area is 146 Å². The highest BCUT2D eigenvalue weighted by molar-refractivity contribution is 5.94. The fourth-order valence-corrected chi connectivity index (χ4v) is 3.64. The molecule has 1 amide bonds. The first-order valence-corrected chi connectivity index (χ1v) is 8.73. The van der Waals surface area contributed by atoms with E-state index in [1.165, 1.54) is 0 Å². The van der Waals surface area contributed by atoms with Gasteiger partial charge >= 0.3 is 0 Å². The van der Waals surface area contributed by atoms with E-state index in [0.29, 0.717) is 5.56 Å². The van der Waals surface area contributed by atoms with Gasteiger partial charge in [-0.3, -0.25) is 13.9 Å². The van der Waals surface area contributed by atoms with Gasteiger partial charge in [0.15, 0.2) is 5.65 Å². The number of hydrogen-bond donors (Lipinski definition) is 0. The van der Waals surface area contributed by atoms with Crippen LogP contribution in [0.4, 0.5) is 0 Å². The second kappa shape index (κ2) is 6.31. The first-order chi connectivity index (χ1) is 12.1. The first-order valence-electron chi connectivity index (χ1n) is 8.73. The van der Waals surface area contributed by atoms with Crippen LogP contribution in [-0.2, 0) is 6.54 Å². The van der Waals surface area contributed by atoms with Gasteiger partial charge in [0.05, 0.1) is 23.8 Å². The van der Waals surface area contributed by atoms with E-state index in [4.69, 9.17) is 0 Å². The lowest BCUT2D eigenvalue weighted by atomic mass is 10.0. The normalized spacial score (nSPS) is 18.0. The Morgan fingerprint density at radius 2 is 2.16 bits per heavy atom. The van der Waals surface area contributed by atoms with Crippen molar-refractivity contribution in [2.75, 3.05) is 6.54 Å². The van der Waals surface area contributed by atoms with E-state index < -0.39 is 0 Å². The summed E-state index contributed by atoms with van der Waals surface area (Å²) < 4.78 is 3.81. The van der Waals surface area contributed by atoms with Crippen LogP contribution in [-0.4, -0.2) is 47.8 Å². The van der Waals surface area contributed by atoms with E-state index in [9.17, 15) is 4.79 Å². The summed E-state index contributed by atoms with van der Waals surface area (Å²) in [5, 5.41) is 12.4. The summed E-state index contributed by atoms with van der Waals surface area (Å²) in [5.41, 5.74) is 3.58. The molecule has 4 heterocycles. The molecular formula is C18H22N6O. The number of hydrogen-bond acceptors (Lipinski definition) is 4. The van der Waals surface area contributed by atoms with Gasteiger partial charge in [-0.25, -0.2) is 0 Å². The Morgan fingerprint density at radius 1 is 1.28 bits per heavy atom. The van der Waals surface area contributed by atoms with Crippen molar-refractivity contribution in [1.29, 1.82) is 0 Å². The molecule has 1 saturated heterocycles. The van der Waals surface area contributed by atoms with Crippen LogP contribution >= 0.6 is 0 Å². The lowest BCUT2D eigenvalue weighted by Crippen LogP contribution is -2.46. The lowest BCUT2D eigenvalue weighted by molar-refractivity contribution is 0.0582. The number of piperidine rings is 1. The predicted octanol–water partition coefficient (Wildman–Crippen LogP) is 2.24. The molecule has 7 nitrogen and oxygen atoms in total. The van der Waals surface area contributed by atoms with Crippen LogP contribution in [0, 0.1) is 13.8 Å². The molecule has 1 fully saturated rings. The summed E-state index contributed by atoms with van der Waals surface area (Å²) in [7, 11) is 0. The number of pyridine rings is 1. The molecule has 0 saturated carbocycles. The molecule has 1 aliphatic heterocycles. The Balaban J connectivity index is 1.59. The van der Waals surface area contributed by atoms with E-state index in [2.05, 4.69) is 28.3 Å². The Morgan fingerprint density at radius 3 is 2.96 bits per heavy atom. The number of aromatic nitrogens is 5. The summed E-state index contributed by atoms with van der Waals surface area (Å²) in [4.78, 5) is 15.1. The molecule has 25 heavy (non-hydrogen) atoms. The molecule has 0 spiro atoms. The van der Waals surface area contributed by atoms with Gasteiger partial charge < -0.3 is 4.90 Å². The van der Waals surface area contributed by atoms with Crippen molar-refractivity contribution < 1.29 is 4.79 Å². The van der Waals surface area contributed by atoms with E-state index in [-0.39, 0.29) is 11.9 Å². The summed E-state index contributed by atoms with van der Waals surface area (Å²) in [6, 6.07) is 5.92. The Bertz CT molecular complexity index is 911. The molecule has 0 radical (unpaired) electrons. The second-order valence-electron chi connectivity index (χ2n) is 6.77. The summed E-state index contributed by atoms with van der Waals surface area (Å²) in [6.07, 6.45) is 6.65. The van der Waals surface area contributed by atoms with Crippen LogP contribution in [0.25, 0.3) is 5.65 Å². The van der Waals surface area contributed by atoms with Crippen molar-refractivity contribution in [2.45, 2.75) is 45.7 Å². The fraction of sp³-hybridized carbons (Fsp3) is 0.444. The zero-order valence-electron chi connectivity index (χ0n) is 14.6. The van der Waals surface area contributed by atoms with Gasteiger partial charge in [0.1, 0.15) is 6.33 Å². The van der Waals surface area contributed by atoms with Crippen LogP contribution in [0.1, 0.15) is 41.0 Å². The molecule has 1 aliphatic rings. The third-order valence-electron chi connectivity index (χ3n) is 4.91. The second-order valence-corrected chi connectivity index (χ2v) is 6.77. The van der Waals surface area contributed by atoms with Gasteiger partial charge in [-0.05, 0) is 51.3 Å². The standard InChI is InChI=1S/C18H22N6O/c1-13-9-14(2)24(21-13)11-16-5-3-4-8-23(16)18(25)15-6-7-17-20-19-12-22(17)10-15/h6-7,9-10,12,16H,3-5,8,11H2,1-2H3/t16-/m1/s1. The summed E-state index contributed by atoms with van der Waals surface area (Å²) in [6.45, 7) is 5.61. The Kier molecular flexibility index (Phi) is 3.99. The maximum atomic E-state index is 13.1. The number of aryl methyl sites for hydroxylation is 2. The number of nitrogens with zero attached hydrogens (tertiary/aromatic N) is 6. The van der Waals surface area contributed by atoms with Gasteiger partial charge in [-0.1, -0.05) is 0 Å². The topological polar surface area (TPSA) is 68.3 Å². The van der Waals surface area contributed by atoms with Crippen molar-refractivity contribution in [2.24, 2.45) is 0 Å². The van der Waals surface area contributed by atoms with E-state index >= 15 is 0 Å². The minimum atomic E-state index is 0.0711. The summed E-state index contributed by atoms with van der Waals surface area (Å²) in [5.74, 6) is 0.0711. The van der Waals surface area contributed by atoms with Crippen molar-refractivity contribution in [1.82, 2.24) is 29.3 Å². The molecule has 0 bridgehead atoms. The maximum Gasteiger partial charge on any atom is 0.255 e. The SMILES string of the molecule is Cc1cc(C)n(C[C@H]2CCCCN2C(=O)c2ccc3nncn3c2)n1. The minimum Gasteiger partial charge on any atom is -0.334 e. The van der Waals surface area contributed by atoms with E-state index in [0.717, 1.165) is 49.4 Å². The zero-order valence-corrected chi connectivity index (χ0v) is 14.6. The molecule has 1 atom stereocenters. The highest BCUT2D eigenvalue weighted by Crippen LogP contribution is 2.22. The van der Waals surface area contributed by atoms with Crippen LogP contribution in [0.3, 0.4) is 0 Å². The minimum absolute atomic E-state index is 0.0711. The third-order valence-corrected chi connectivity index (χ3v) is 4.91. The van der Waals surface area contributed by atoms with Gasteiger partial charge in [0.2, 0.25) is 0 Å². The highest BCUT2D eigenvalue weighted by Gasteiger charge is 2.28. The molecule has 4 rings (SSSR count). The van der Waals surface area contributed by atoms with E-state index in [1.807, 2.05) is 34.8 Å². The van der Waals surface area contributed by atoms with Crippen LogP contribution in [0.5, 0.6) is 0 Å². The highest BCUT2D eigenvalue weighted by atomic mass is 16.2. The predicted molar refractivity (Wildman–Crippen MR) is 93.4 cm³/mol. The molecule has 3 aromatic heterocycles. The third kappa shape index (κ3) is 3.01. The van der Waals surface area contributed by atoms with Crippen LogP contribution < -0.4 is 0 Å². The number of carbonyl (C=O) groups excluding carboxylic acids is 1. The lowest BCUT2D eigenvalue weighted by Gasteiger charge is -2.36. The fourth-order valence-electron chi connectivity index (χ4n) is 3.64. The molecule has 0 aromatic carbocycles. The van der Waals surface area contributed by atoms with E-state index in [1.54, 1.807) is 10.7 Å². The number of carbonyl (C=O) groups is 1. The molecule has 0 aliphatic carbocycles. The van der Waals surface area contributed by atoms with Crippen molar-refractivity contribution >= 4 is 11.6 Å². The van der Waals surface area contributed by atoms with Gasteiger partial charge in [0.25, 0.3) is 5.91 Å². The average molecular weight is 338 g/mol. The molecule has 130 valence electrons. The Hall–Kier alpha value is -2.70. The van der Waals surface area contributed by atoms with Gasteiger partial charge in [-0.2, -0.15) is 5.10 Å².